The van der Waals surface area contributed by atoms with Crippen LogP contribution in [0, 0.1) is 30.0 Å². The third-order valence-corrected chi connectivity index (χ3v) is 8.21. The van der Waals surface area contributed by atoms with Crippen LogP contribution >= 0.6 is 11.6 Å². The number of fused-ring (bicyclic) bond motifs is 1. The van der Waals surface area contributed by atoms with E-state index in [9.17, 15) is 14.4 Å². The molecule has 0 radical (unpaired) electrons. The van der Waals surface area contributed by atoms with Gasteiger partial charge in [0.05, 0.1) is 11.2 Å². The first kappa shape index (κ1) is 24.6. The number of pyridine rings is 2. The minimum Gasteiger partial charge on any atom is -0.369 e. The molecule has 2 aliphatic carbocycles. The van der Waals surface area contributed by atoms with Crippen LogP contribution < -0.4 is 15.4 Å². The van der Waals surface area contributed by atoms with Gasteiger partial charge in [0, 0.05) is 44.0 Å². The number of hydrogen-bond acceptors (Lipinski definition) is 5. The van der Waals surface area contributed by atoms with Gasteiger partial charge in [0.15, 0.2) is 0 Å². The zero-order valence-electron chi connectivity index (χ0n) is 21.0. The highest BCUT2D eigenvalue weighted by Crippen LogP contribution is 2.38. The van der Waals surface area contributed by atoms with Gasteiger partial charge < -0.3 is 14.4 Å². The molecule has 2 fully saturated rings. The van der Waals surface area contributed by atoms with Crippen LogP contribution in [0.2, 0.25) is 5.15 Å². The van der Waals surface area contributed by atoms with Crippen molar-refractivity contribution in [2.45, 2.75) is 57.5 Å². The van der Waals surface area contributed by atoms with Crippen LogP contribution in [0.3, 0.4) is 0 Å². The second kappa shape index (κ2) is 9.74. The lowest BCUT2D eigenvalue weighted by Gasteiger charge is -2.42. The average Bonchev–Trinajstić information content (AvgIpc) is 3.70. The lowest BCUT2D eigenvalue weighted by atomic mass is 9.88. The van der Waals surface area contributed by atoms with E-state index >= 15 is 0 Å². The Morgan fingerprint density at radius 3 is 2.50 bits per heavy atom. The van der Waals surface area contributed by atoms with Crippen LogP contribution in [0.5, 0.6) is 0 Å². The quantitative estimate of drug-likeness (QED) is 0.408. The van der Waals surface area contributed by atoms with Crippen molar-refractivity contribution in [2.75, 3.05) is 23.4 Å². The Bertz CT molecular complexity index is 1400. The highest BCUT2D eigenvalue weighted by Gasteiger charge is 2.34. The first-order chi connectivity index (χ1) is 17.3. The van der Waals surface area contributed by atoms with Gasteiger partial charge in [-0.1, -0.05) is 17.7 Å². The number of benzene rings is 1. The molecule has 2 aromatic heterocycles. The van der Waals surface area contributed by atoms with E-state index in [0.29, 0.717) is 39.4 Å². The van der Waals surface area contributed by atoms with E-state index < -0.39 is 0 Å². The number of aromatic nitrogens is 2. The molecule has 2 aliphatic rings. The third kappa shape index (κ3) is 4.43. The van der Waals surface area contributed by atoms with Gasteiger partial charge in [-0.25, -0.2) is 9.37 Å². The molecular weight excluding hydrogens is 477 g/mol. The molecular formula is C28H31ClFN5O. The molecule has 0 aliphatic heterocycles. The van der Waals surface area contributed by atoms with Crippen molar-refractivity contribution in [3.63, 3.8) is 0 Å². The SMILES string of the molecule is Cc1c(F)cccc1N(CC1CC1)C1CCC(N(C)c2c(C#N)c(=O)n(C)c3ccc(Cl)nc23)CC1. The molecule has 1 aromatic carbocycles. The Balaban J connectivity index is 1.43. The van der Waals surface area contributed by atoms with E-state index in [1.165, 1.54) is 23.5 Å². The zero-order chi connectivity index (χ0) is 25.6. The van der Waals surface area contributed by atoms with E-state index in [0.717, 1.165) is 37.9 Å². The molecule has 0 unspecified atom stereocenters. The topological polar surface area (TPSA) is 65.2 Å². The van der Waals surface area contributed by atoms with Crippen molar-refractivity contribution in [3.05, 3.63) is 62.8 Å². The van der Waals surface area contributed by atoms with Crippen molar-refractivity contribution in [1.29, 1.82) is 5.26 Å². The highest BCUT2D eigenvalue weighted by atomic mass is 35.5. The third-order valence-electron chi connectivity index (χ3n) is 8.00. The summed E-state index contributed by atoms with van der Waals surface area (Å²) in [6.07, 6.45) is 6.20. The average molecular weight is 508 g/mol. The smallest absolute Gasteiger partial charge is 0.270 e. The standard InChI is InChI=1S/C28H31ClFN5O/c1-17-22(30)5-4-6-23(17)35(16-18-7-8-18)20-11-9-19(10-12-20)33(2)27-21(15-31)28(36)34(3)24-13-14-25(29)32-26(24)27/h4-6,13-14,18-20H,7-12,16H2,1-3H3. The van der Waals surface area contributed by atoms with E-state index in [2.05, 4.69) is 20.9 Å². The van der Waals surface area contributed by atoms with Crippen molar-refractivity contribution in [1.82, 2.24) is 9.55 Å². The van der Waals surface area contributed by atoms with E-state index in [-0.39, 0.29) is 23.0 Å². The summed E-state index contributed by atoms with van der Waals surface area (Å²) in [4.78, 5) is 22.0. The Labute approximate surface area is 215 Å². The van der Waals surface area contributed by atoms with Crippen LogP contribution in [0.15, 0.2) is 35.1 Å². The maximum absolute atomic E-state index is 14.4. The summed E-state index contributed by atoms with van der Waals surface area (Å²) in [5.41, 5.74) is 3.24. The van der Waals surface area contributed by atoms with Crippen LogP contribution in [0.25, 0.3) is 11.0 Å². The number of hydrogen-bond donors (Lipinski definition) is 0. The van der Waals surface area contributed by atoms with Crippen LogP contribution in [0.1, 0.15) is 49.7 Å². The molecule has 0 atom stereocenters. The van der Waals surface area contributed by atoms with Gasteiger partial charge in [-0.05, 0) is 75.6 Å². The van der Waals surface area contributed by atoms with Gasteiger partial charge in [0.1, 0.15) is 28.1 Å². The lowest BCUT2D eigenvalue weighted by Crippen LogP contribution is -2.45. The molecule has 3 aromatic rings. The van der Waals surface area contributed by atoms with Crippen LogP contribution in [-0.4, -0.2) is 35.2 Å². The van der Waals surface area contributed by atoms with Crippen molar-refractivity contribution >= 4 is 34.0 Å². The maximum atomic E-state index is 14.4. The summed E-state index contributed by atoms with van der Waals surface area (Å²) in [5.74, 6) is 0.531. The number of nitriles is 1. The number of anilines is 2. The molecule has 2 saturated carbocycles. The fraction of sp³-hybridized carbons (Fsp3) is 0.464. The number of aryl methyl sites for hydroxylation is 1. The highest BCUT2D eigenvalue weighted by molar-refractivity contribution is 6.29. The molecule has 2 heterocycles. The molecule has 6 nitrogen and oxygen atoms in total. The number of rotatable bonds is 6. The Morgan fingerprint density at radius 1 is 1.14 bits per heavy atom. The number of halogens is 2. The first-order valence-corrected chi connectivity index (χ1v) is 13.0. The molecule has 188 valence electrons. The summed E-state index contributed by atoms with van der Waals surface area (Å²) in [7, 11) is 3.60. The Hall–Kier alpha value is -3.11. The minimum absolute atomic E-state index is 0.0927. The Morgan fingerprint density at radius 2 is 1.83 bits per heavy atom. The van der Waals surface area contributed by atoms with Crippen LogP contribution in [0.4, 0.5) is 15.8 Å². The van der Waals surface area contributed by atoms with E-state index in [4.69, 9.17) is 11.6 Å². The monoisotopic (exact) mass is 507 g/mol. The fourth-order valence-electron chi connectivity index (χ4n) is 5.68. The van der Waals surface area contributed by atoms with Gasteiger partial charge >= 0.3 is 0 Å². The summed E-state index contributed by atoms with van der Waals surface area (Å²) in [5, 5.41) is 10.2. The molecule has 0 amide bonds. The van der Waals surface area contributed by atoms with Crippen molar-refractivity contribution in [2.24, 2.45) is 13.0 Å². The lowest BCUT2D eigenvalue weighted by molar-refractivity contribution is 0.364. The summed E-state index contributed by atoms with van der Waals surface area (Å²) in [6, 6.07) is 11.4. The zero-order valence-corrected chi connectivity index (χ0v) is 21.7. The summed E-state index contributed by atoms with van der Waals surface area (Å²) >= 11 is 6.22. The predicted octanol–water partition coefficient (Wildman–Crippen LogP) is 5.57. The van der Waals surface area contributed by atoms with E-state index in [1.54, 1.807) is 25.2 Å². The first-order valence-electron chi connectivity index (χ1n) is 12.6. The van der Waals surface area contributed by atoms with Gasteiger partial charge in [0.25, 0.3) is 5.56 Å². The Kier molecular flexibility index (Phi) is 6.65. The number of nitrogens with zero attached hydrogens (tertiary/aromatic N) is 5. The molecule has 0 bridgehead atoms. The minimum atomic E-state index is -0.332. The summed E-state index contributed by atoms with van der Waals surface area (Å²) in [6.45, 7) is 2.84. The summed E-state index contributed by atoms with van der Waals surface area (Å²) < 4.78 is 15.9. The fourth-order valence-corrected chi connectivity index (χ4v) is 5.83. The van der Waals surface area contributed by atoms with Gasteiger partial charge in [-0.2, -0.15) is 5.26 Å². The maximum Gasteiger partial charge on any atom is 0.270 e. The van der Waals surface area contributed by atoms with Gasteiger partial charge in [-0.15, -0.1) is 0 Å². The van der Waals surface area contributed by atoms with Crippen molar-refractivity contribution in [3.8, 4) is 6.07 Å². The largest absolute Gasteiger partial charge is 0.369 e. The second-order valence-electron chi connectivity index (χ2n) is 10.3. The molecule has 0 saturated heterocycles. The predicted molar refractivity (Wildman–Crippen MR) is 142 cm³/mol. The molecule has 5 rings (SSSR count). The molecule has 0 N–H and O–H groups in total. The van der Waals surface area contributed by atoms with Crippen molar-refractivity contribution < 1.29 is 4.39 Å². The van der Waals surface area contributed by atoms with Crippen LogP contribution in [-0.2, 0) is 7.05 Å². The molecule has 8 heteroatoms. The van der Waals surface area contributed by atoms with Gasteiger partial charge in [-0.3, -0.25) is 4.79 Å². The van der Waals surface area contributed by atoms with E-state index in [1.807, 2.05) is 20.0 Å². The molecule has 0 spiro atoms. The second-order valence-corrected chi connectivity index (χ2v) is 10.6. The molecule has 36 heavy (non-hydrogen) atoms. The normalized spacial score (nSPS) is 19.8. The van der Waals surface area contributed by atoms with Gasteiger partial charge in [0.2, 0.25) is 0 Å².